The van der Waals surface area contributed by atoms with Crippen molar-refractivity contribution in [3.63, 3.8) is 0 Å². The van der Waals surface area contributed by atoms with Crippen molar-refractivity contribution in [1.82, 2.24) is 20.4 Å². The second-order valence-corrected chi connectivity index (χ2v) is 16.4. The first-order valence-corrected chi connectivity index (χ1v) is 19.1. The normalized spacial score (nSPS) is 11.9. The first kappa shape index (κ1) is 42.5. The van der Waals surface area contributed by atoms with E-state index in [0.29, 0.717) is 19.6 Å². The SMILES string of the molecule is CC(C)CNc1nnc(-c2ccc(F)c(F)c2Nc2ccc(I)cc2F)o1.CC(Nc1nnc(-c2ccc(F)c(F)c2Nc2ccc(I)cc2F)o1)C(C)(C)C. The van der Waals surface area contributed by atoms with Gasteiger partial charge in [0.15, 0.2) is 23.3 Å². The van der Waals surface area contributed by atoms with Crippen LogP contribution in [0.4, 0.5) is 61.1 Å². The van der Waals surface area contributed by atoms with E-state index in [1.807, 2.05) is 66.0 Å². The van der Waals surface area contributed by atoms with E-state index in [4.69, 9.17) is 8.83 Å². The molecule has 0 saturated carbocycles. The maximum Gasteiger partial charge on any atom is 0.315 e. The van der Waals surface area contributed by atoms with Crippen LogP contribution in [0.1, 0.15) is 41.5 Å². The van der Waals surface area contributed by atoms with E-state index in [9.17, 15) is 26.3 Å². The second-order valence-electron chi connectivity index (χ2n) is 13.9. The summed E-state index contributed by atoms with van der Waals surface area (Å²) in [6.07, 6.45) is 0. The van der Waals surface area contributed by atoms with Gasteiger partial charge in [0.2, 0.25) is 0 Å². The monoisotopic (exact) mass is 1000 g/mol. The summed E-state index contributed by atoms with van der Waals surface area (Å²) in [5.74, 6) is -5.39. The lowest BCUT2D eigenvalue weighted by Crippen LogP contribution is -2.30. The minimum absolute atomic E-state index is 0.00108. The van der Waals surface area contributed by atoms with Gasteiger partial charge in [-0.15, -0.1) is 10.2 Å². The summed E-state index contributed by atoms with van der Waals surface area (Å²) in [4.78, 5) is 0. The zero-order valence-electron chi connectivity index (χ0n) is 30.8. The van der Waals surface area contributed by atoms with E-state index >= 15 is 0 Å². The van der Waals surface area contributed by atoms with E-state index in [0.717, 1.165) is 12.1 Å². The topological polar surface area (TPSA) is 126 Å². The molecule has 4 N–H and O–H groups in total. The van der Waals surface area contributed by atoms with Crippen LogP contribution >= 0.6 is 45.2 Å². The Hall–Kier alpha value is -4.60. The first-order valence-electron chi connectivity index (χ1n) is 17.0. The Kier molecular flexibility index (Phi) is 13.8. The quantitative estimate of drug-likeness (QED) is 0.0736. The van der Waals surface area contributed by atoms with Crippen molar-refractivity contribution in [2.75, 3.05) is 27.8 Å². The Balaban J connectivity index is 0.000000215. The van der Waals surface area contributed by atoms with Crippen molar-refractivity contribution in [3.8, 4) is 22.9 Å². The van der Waals surface area contributed by atoms with Crippen LogP contribution < -0.4 is 21.3 Å². The van der Waals surface area contributed by atoms with Gasteiger partial charge in [-0.05, 0) is 124 Å². The largest absolute Gasteiger partial charge is 0.403 e. The van der Waals surface area contributed by atoms with Gasteiger partial charge in [0.25, 0.3) is 11.8 Å². The van der Waals surface area contributed by atoms with Gasteiger partial charge in [-0.2, -0.15) is 0 Å². The lowest BCUT2D eigenvalue weighted by molar-refractivity contribution is 0.352. The molecule has 6 aromatic rings. The predicted molar refractivity (Wildman–Crippen MR) is 220 cm³/mol. The molecule has 4 aromatic carbocycles. The van der Waals surface area contributed by atoms with Gasteiger partial charge in [-0.1, -0.05) is 44.8 Å². The fourth-order valence-corrected chi connectivity index (χ4v) is 5.55. The Bertz CT molecular complexity index is 2320. The molecular formula is C38H36F6I2N8O2. The lowest BCUT2D eigenvalue weighted by Gasteiger charge is -2.26. The highest BCUT2D eigenvalue weighted by Gasteiger charge is 2.25. The molecule has 0 aliphatic heterocycles. The molecule has 0 amide bonds. The molecule has 56 heavy (non-hydrogen) atoms. The number of benzene rings is 4. The summed E-state index contributed by atoms with van der Waals surface area (Å²) in [5.41, 5.74) is -0.401. The van der Waals surface area contributed by atoms with Crippen LogP contribution in [0.5, 0.6) is 0 Å². The third-order valence-corrected chi connectivity index (χ3v) is 9.52. The van der Waals surface area contributed by atoms with Crippen LogP contribution in [0.25, 0.3) is 22.9 Å². The average molecular weight is 1000 g/mol. The van der Waals surface area contributed by atoms with Crippen LogP contribution in [0.3, 0.4) is 0 Å². The van der Waals surface area contributed by atoms with Crippen molar-refractivity contribution in [1.29, 1.82) is 0 Å². The zero-order chi connectivity index (χ0) is 40.9. The number of hydrogen-bond donors (Lipinski definition) is 4. The molecule has 6 rings (SSSR count). The van der Waals surface area contributed by atoms with Crippen molar-refractivity contribution < 1.29 is 35.2 Å². The highest BCUT2D eigenvalue weighted by molar-refractivity contribution is 14.1. The van der Waals surface area contributed by atoms with Gasteiger partial charge in [-0.3, -0.25) is 0 Å². The molecule has 2 heterocycles. The summed E-state index contributed by atoms with van der Waals surface area (Å²) in [6.45, 7) is 12.7. The van der Waals surface area contributed by atoms with E-state index in [-0.39, 0.29) is 69.1 Å². The standard InChI is InChI=1S/C20H20F3IN4O.C18H16F3IN4O/c1-10(20(2,3)4)25-19-28-27-18(29-19)12-6-7-13(21)16(23)17(12)26-15-8-5-11(24)9-14(15)22;1-9(2)8-23-18-26-25-17(27-18)11-4-5-12(19)15(21)16(11)24-14-6-3-10(22)7-13(14)20/h5-10,26H,1-4H3,(H,25,28);3-7,9,24H,8H2,1-2H3,(H,23,26). The van der Waals surface area contributed by atoms with Crippen LogP contribution in [-0.4, -0.2) is 33.0 Å². The number of hydrogen-bond acceptors (Lipinski definition) is 10. The molecule has 0 bridgehead atoms. The number of nitrogens with one attached hydrogen (secondary N) is 4. The molecular weight excluding hydrogens is 968 g/mol. The number of aromatic nitrogens is 4. The van der Waals surface area contributed by atoms with E-state index < -0.39 is 34.9 Å². The molecule has 0 spiro atoms. The van der Waals surface area contributed by atoms with Gasteiger partial charge in [0.05, 0.1) is 33.9 Å². The third-order valence-electron chi connectivity index (χ3n) is 8.18. The Morgan fingerprint density at radius 3 is 1.48 bits per heavy atom. The number of nitrogens with zero attached hydrogens (tertiary/aromatic N) is 4. The maximum atomic E-state index is 14.6. The summed E-state index contributed by atoms with van der Waals surface area (Å²) < 4.78 is 97.4. The Morgan fingerprint density at radius 1 is 0.607 bits per heavy atom. The van der Waals surface area contributed by atoms with Crippen LogP contribution in [-0.2, 0) is 0 Å². The predicted octanol–water partition coefficient (Wildman–Crippen LogP) is 11.9. The molecule has 18 heteroatoms. The smallest absolute Gasteiger partial charge is 0.315 e. The molecule has 0 saturated heterocycles. The molecule has 10 nitrogen and oxygen atoms in total. The van der Waals surface area contributed by atoms with E-state index in [2.05, 4.69) is 62.4 Å². The Labute approximate surface area is 345 Å². The molecule has 0 fully saturated rings. The van der Waals surface area contributed by atoms with Crippen LogP contribution in [0, 0.1) is 53.4 Å². The number of halogens is 8. The van der Waals surface area contributed by atoms with Crippen LogP contribution in [0.15, 0.2) is 69.5 Å². The van der Waals surface area contributed by atoms with Crippen molar-refractivity contribution >= 4 is 80.0 Å². The van der Waals surface area contributed by atoms with Gasteiger partial charge in [-0.25, -0.2) is 26.3 Å². The van der Waals surface area contributed by atoms with Crippen molar-refractivity contribution in [3.05, 3.63) is 103 Å². The molecule has 0 aliphatic rings. The van der Waals surface area contributed by atoms with E-state index in [1.165, 1.54) is 36.4 Å². The zero-order valence-corrected chi connectivity index (χ0v) is 35.1. The number of rotatable bonds is 11. The maximum absolute atomic E-state index is 14.6. The number of anilines is 6. The van der Waals surface area contributed by atoms with Gasteiger partial charge < -0.3 is 30.1 Å². The molecule has 296 valence electrons. The molecule has 1 atom stereocenters. The summed E-state index contributed by atoms with van der Waals surface area (Å²) in [5, 5.41) is 26.8. The molecule has 2 aromatic heterocycles. The summed E-state index contributed by atoms with van der Waals surface area (Å²) >= 11 is 3.91. The van der Waals surface area contributed by atoms with E-state index in [1.54, 1.807) is 12.1 Å². The van der Waals surface area contributed by atoms with Gasteiger partial charge >= 0.3 is 12.0 Å². The van der Waals surface area contributed by atoms with Gasteiger partial charge in [0, 0.05) is 19.7 Å². The van der Waals surface area contributed by atoms with Crippen molar-refractivity contribution in [2.24, 2.45) is 11.3 Å². The molecule has 0 aliphatic carbocycles. The fraction of sp³-hybridized carbons (Fsp3) is 0.263. The fourth-order valence-electron chi connectivity index (χ4n) is 4.64. The minimum atomic E-state index is -1.17. The minimum Gasteiger partial charge on any atom is -0.403 e. The highest BCUT2D eigenvalue weighted by Crippen LogP contribution is 2.37. The van der Waals surface area contributed by atoms with Crippen molar-refractivity contribution in [2.45, 2.75) is 47.6 Å². The summed E-state index contributed by atoms with van der Waals surface area (Å²) in [7, 11) is 0. The molecule has 1 unspecified atom stereocenters. The van der Waals surface area contributed by atoms with Crippen LogP contribution in [0.2, 0.25) is 0 Å². The Morgan fingerprint density at radius 2 is 1.05 bits per heavy atom. The third kappa shape index (κ3) is 10.6. The lowest BCUT2D eigenvalue weighted by atomic mass is 9.88. The first-order chi connectivity index (χ1) is 26.4. The highest BCUT2D eigenvalue weighted by atomic mass is 127. The summed E-state index contributed by atoms with van der Waals surface area (Å²) in [6, 6.07) is 13.6. The van der Waals surface area contributed by atoms with Gasteiger partial charge in [0.1, 0.15) is 11.6 Å². The average Bonchev–Trinajstić information content (AvgIpc) is 3.80. The molecule has 0 radical (unpaired) electrons. The second kappa shape index (κ2) is 18.1.